The number of nitrogens with two attached hydrogens (primary N) is 1. The van der Waals surface area contributed by atoms with Gasteiger partial charge in [-0.1, -0.05) is 13.8 Å². The van der Waals surface area contributed by atoms with Crippen molar-refractivity contribution in [3.05, 3.63) is 24.5 Å². The summed E-state index contributed by atoms with van der Waals surface area (Å²) < 4.78 is 0. The van der Waals surface area contributed by atoms with Gasteiger partial charge in [-0.3, -0.25) is 14.6 Å². The molecule has 6 nitrogen and oxygen atoms in total. The molecule has 0 radical (unpaired) electrons. The van der Waals surface area contributed by atoms with Gasteiger partial charge in [0.15, 0.2) is 0 Å². The van der Waals surface area contributed by atoms with Crippen molar-refractivity contribution in [3.63, 3.8) is 0 Å². The van der Waals surface area contributed by atoms with Gasteiger partial charge in [0.25, 0.3) is 0 Å². The van der Waals surface area contributed by atoms with Crippen molar-refractivity contribution in [1.29, 1.82) is 0 Å². The molecule has 1 rings (SSSR count). The van der Waals surface area contributed by atoms with Crippen LogP contribution in [0.15, 0.2) is 24.5 Å². The van der Waals surface area contributed by atoms with Crippen LogP contribution < -0.4 is 16.0 Å². The van der Waals surface area contributed by atoms with Crippen LogP contribution in [0.3, 0.4) is 0 Å². The van der Waals surface area contributed by atoms with Crippen molar-refractivity contribution in [2.45, 2.75) is 19.9 Å². The molecule has 0 bridgehead atoms. The number of hydrogen-bond acceptors (Lipinski definition) is 4. The molecule has 120 valence electrons. The van der Waals surface area contributed by atoms with E-state index in [9.17, 15) is 9.59 Å². The lowest BCUT2D eigenvalue weighted by atomic mass is 10.1. The molecule has 0 saturated carbocycles. The maximum Gasteiger partial charge on any atom is 0.246 e. The third-order valence-corrected chi connectivity index (χ3v) is 2.84. The van der Waals surface area contributed by atoms with E-state index in [0.717, 1.165) is 0 Å². The highest BCUT2D eigenvalue weighted by Gasteiger charge is 2.18. The Morgan fingerprint density at radius 2 is 2.00 bits per heavy atom. The number of pyridine rings is 1. The second kappa shape index (κ2) is 10.4. The van der Waals surface area contributed by atoms with Crippen molar-refractivity contribution in [3.8, 4) is 0 Å². The third-order valence-electron chi connectivity index (χ3n) is 2.84. The molecule has 0 aliphatic rings. The molecule has 1 heterocycles. The molecule has 8 heteroatoms. The summed E-state index contributed by atoms with van der Waals surface area (Å²) in [5, 5.41) is 2.54. The lowest BCUT2D eigenvalue weighted by Gasteiger charge is -2.19. The average molecular weight is 337 g/mol. The van der Waals surface area contributed by atoms with Crippen molar-refractivity contribution < 1.29 is 9.59 Å². The van der Waals surface area contributed by atoms with Gasteiger partial charge in [0.1, 0.15) is 0 Å². The summed E-state index contributed by atoms with van der Waals surface area (Å²) in [7, 11) is 1.63. The molecule has 21 heavy (non-hydrogen) atoms. The molecular formula is C13H22Cl2N4O2. The first-order valence-electron chi connectivity index (χ1n) is 6.13. The van der Waals surface area contributed by atoms with Gasteiger partial charge in [-0.25, -0.2) is 0 Å². The number of aromatic nitrogens is 1. The number of hydrogen-bond donors (Lipinski definition) is 2. The highest BCUT2D eigenvalue weighted by atomic mass is 35.5. The van der Waals surface area contributed by atoms with E-state index in [0.29, 0.717) is 5.69 Å². The zero-order chi connectivity index (χ0) is 14.4. The van der Waals surface area contributed by atoms with Crippen molar-refractivity contribution >= 4 is 42.3 Å². The number of anilines is 1. The van der Waals surface area contributed by atoms with Gasteiger partial charge >= 0.3 is 0 Å². The molecule has 0 saturated heterocycles. The summed E-state index contributed by atoms with van der Waals surface area (Å²) in [6.45, 7) is 3.63. The zero-order valence-electron chi connectivity index (χ0n) is 12.3. The SMILES string of the molecule is CC(C)[C@H](N)C(=O)NCC(=O)N(C)c1cccnc1.Cl.Cl. The molecular weight excluding hydrogens is 315 g/mol. The van der Waals surface area contributed by atoms with Gasteiger partial charge < -0.3 is 16.0 Å². The van der Waals surface area contributed by atoms with Crippen LogP contribution >= 0.6 is 24.8 Å². The highest BCUT2D eigenvalue weighted by molar-refractivity contribution is 5.96. The smallest absolute Gasteiger partial charge is 0.246 e. The van der Waals surface area contributed by atoms with Gasteiger partial charge in [-0.15, -0.1) is 24.8 Å². The minimum atomic E-state index is -0.600. The second-order valence-electron chi connectivity index (χ2n) is 4.65. The predicted octanol–water partition coefficient (Wildman–Crippen LogP) is 0.988. The number of halogens is 2. The number of amides is 2. The van der Waals surface area contributed by atoms with Crippen molar-refractivity contribution in [2.75, 3.05) is 18.5 Å². The lowest BCUT2D eigenvalue weighted by Crippen LogP contribution is -2.47. The second-order valence-corrected chi connectivity index (χ2v) is 4.65. The Morgan fingerprint density at radius 1 is 1.38 bits per heavy atom. The van der Waals surface area contributed by atoms with Gasteiger partial charge in [0.2, 0.25) is 11.8 Å². The van der Waals surface area contributed by atoms with E-state index in [4.69, 9.17) is 5.73 Å². The lowest BCUT2D eigenvalue weighted by molar-refractivity contribution is -0.126. The summed E-state index contributed by atoms with van der Waals surface area (Å²) in [6, 6.07) is 2.91. The van der Waals surface area contributed by atoms with Crippen LogP contribution in [0.25, 0.3) is 0 Å². The quantitative estimate of drug-likeness (QED) is 0.839. The first-order valence-corrected chi connectivity index (χ1v) is 6.13. The molecule has 1 atom stereocenters. The number of carbonyl (C=O) groups is 2. The van der Waals surface area contributed by atoms with Crippen LogP contribution in [0.5, 0.6) is 0 Å². The maximum atomic E-state index is 11.9. The summed E-state index contributed by atoms with van der Waals surface area (Å²) >= 11 is 0. The van der Waals surface area contributed by atoms with Crippen LogP contribution in [-0.4, -0.2) is 36.4 Å². The van der Waals surface area contributed by atoms with Crippen LogP contribution in [0.4, 0.5) is 5.69 Å². The standard InChI is InChI=1S/C13H20N4O2.2ClH/c1-9(2)12(14)13(19)16-8-11(18)17(3)10-5-4-6-15-7-10;;/h4-7,9,12H,8,14H2,1-3H3,(H,16,19);2*1H/t12-;;/m0../s1. The predicted molar refractivity (Wildman–Crippen MR) is 88.0 cm³/mol. The number of likely N-dealkylation sites (N-methyl/N-ethyl adjacent to an activating group) is 1. The Morgan fingerprint density at radius 3 is 2.48 bits per heavy atom. The first kappa shape index (κ1) is 21.9. The van der Waals surface area contributed by atoms with Gasteiger partial charge in [0, 0.05) is 13.2 Å². The van der Waals surface area contributed by atoms with Gasteiger partial charge in [-0.2, -0.15) is 0 Å². The Labute approximate surface area is 137 Å². The molecule has 0 spiro atoms. The number of carbonyl (C=O) groups excluding carboxylic acids is 2. The maximum absolute atomic E-state index is 11.9. The van der Waals surface area contributed by atoms with E-state index >= 15 is 0 Å². The minimum Gasteiger partial charge on any atom is -0.346 e. The molecule has 0 aromatic carbocycles. The number of nitrogens with zero attached hydrogens (tertiary/aromatic N) is 2. The van der Waals surface area contributed by atoms with Crippen LogP contribution in [0.1, 0.15) is 13.8 Å². The molecule has 2 amide bonds. The van der Waals surface area contributed by atoms with E-state index < -0.39 is 6.04 Å². The fourth-order valence-corrected chi connectivity index (χ4v) is 1.40. The van der Waals surface area contributed by atoms with Crippen molar-refractivity contribution in [2.24, 2.45) is 11.7 Å². The van der Waals surface area contributed by atoms with Crippen molar-refractivity contribution in [1.82, 2.24) is 10.3 Å². The molecule has 0 fully saturated rings. The van der Waals surface area contributed by atoms with E-state index in [-0.39, 0.29) is 49.1 Å². The molecule has 0 unspecified atom stereocenters. The Hall–Kier alpha value is -1.37. The van der Waals surface area contributed by atoms with E-state index in [2.05, 4.69) is 10.3 Å². The highest BCUT2D eigenvalue weighted by Crippen LogP contribution is 2.08. The summed E-state index contributed by atoms with van der Waals surface area (Å²) in [5.74, 6) is -0.508. The Bertz CT molecular complexity index is 443. The fourth-order valence-electron chi connectivity index (χ4n) is 1.40. The fraction of sp³-hybridized carbons (Fsp3) is 0.462. The monoisotopic (exact) mass is 336 g/mol. The van der Waals surface area contributed by atoms with Gasteiger partial charge in [-0.05, 0) is 18.1 Å². The number of rotatable bonds is 5. The summed E-state index contributed by atoms with van der Waals surface area (Å²) in [5.41, 5.74) is 6.36. The Balaban J connectivity index is 0. The minimum absolute atomic E-state index is 0. The molecule has 0 aliphatic heterocycles. The summed E-state index contributed by atoms with van der Waals surface area (Å²) in [4.78, 5) is 28.9. The normalized spacial score (nSPS) is 10.9. The molecule has 1 aromatic heterocycles. The van der Waals surface area contributed by atoms with E-state index in [1.54, 1.807) is 31.6 Å². The molecule has 0 aliphatic carbocycles. The average Bonchev–Trinajstić information content (AvgIpc) is 2.43. The largest absolute Gasteiger partial charge is 0.346 e. The van der Waals surface area contributed by atoms with Crippen LogP contribution in [0, 0.1) is 5.92 Å². The molecule has 1 aromatic rings. The van der Waals surface area contributed by atoms with Gasteiger partial charge in [0.05, 0.1) is 24.5 Å². The third kappa shape index (κ3) is 6.75. The first-order chi connectivity index (χ1) is 8.93. The summed E-state index contributed by atoms with van der Waals surface area (Å²) in [6.07, 6.45) is 3.21. The topological polar surface area (TPSA) is 88.3 Å². The number of nitrogens with one attached hydrogen (secondary N) is 1. The Kier molecular flexibility index (Phi) is 10.8. The van der Waals surface area contributed by atoms with E-state index in [1.165, 1.54) is 4.90 Å². The molecule has 3 N–H and O–H groups in total. The zero-order valence-corrected chi connectivity index (χ0v) is 13.9. The van der Waals surface area contributed by atoms with Crippen LogP contribution in [0.2, 0.25) is 0 Å². The van der Waals surface area contributed by atoms with Crippen LogP contribution in [-0.2, 0) is 9.59 Å². The van der Waals surface area contributed by atoms with E-state index in [1.807, 2.05) is 13.8 Å².